The highest BCUT2D eigenvalue weighted by Gasteiger charge is 2.34. The van der Waals surface area contributed by atoms with Crippen molar-refractivity contribution in [2.24, 2.45) is 4.99 Å². The topological polar surface area (TPSA) is 108 Å². The summed E-state index contributed by atoms with van der Waals surface area (Å²) in [4.78, 5) is 34.0. The molecule has 0 bridgehead atoms. The Morgan fingerprint density at radius 1 is 1.11 bits per heavy atom. The van der Waals surface area contributed by atoms with Crippen LogP contribution < -0.4 is 24.4 Å². The summed E-state index contributed by atoms with van der Waals surface area (Å²) in [6, 6.07) is 9.11. The predicted octanol–water partition coefficient (Wildman–Crippen LogP) is 5.04. The Morgan fingerprint density at radius 3 is 2.58 bits per heavy atom. The van der Waals surface area contributed by atoms with Crippen molar-refractivity contribution < 1.29 is 19.0 Å². The van der Waals surface area contributed by atoms with Gasteiger partial charge >= 0.3 is 5.97 Å². The van der Waals surface area contributed by atoms with E-state index in [0.29, 0.717) is 37.7 Å². The van der Waals surface area contributed by atoms with E-state index in [1.165, 1.54) is 21.8 Å². The molecule has 1 atom stereocenters. The van der Waals surface area contributed by atoms with Crippen molar-refractivity contribution in [3.63, 3.8) is 0 Å². The number of allylic oxidation sites excluding steroid dienone is 1. The fourth-order valence-electron chi connectivity index (χ4n) is 6.34. The van der Waals surface area contributed by atoms with Crippen LogP contribution >= 0.6 is 22.7 Å². The van der Waals surface area contributed by atoms with Crippen molar-refractivity contribution in [2.75, 3.05) is 20.8 Å². The van der Waals surface area contributed by atoms with Gasteiger partial charge in [0.2, 0.25) is 0 Å². The largest absolute Gasteiger partial charge is 0.493 e. The number of nitriles is 1. The van der Waals surface area contributed by atoms with E-state index in [4.69, 9.17) is 19.2 Å². The zero-order valence-corrected chi connectivity index (χ0v) is 27.8. The molecule has 1 aliphatic carbocycles. The smallest absolute Gasteiger partial charge is 0.338 e. The van der Waals surface area contributed by atoms with Crippen molar-refractivity contribution in [2.45, 2.75) is 59.4 Å². The summed E-state index contributed by atoms with van der Waals surface area (Å²) in [7, 11) is 3.10. The fraction of sp³-hybridized carbons (Fsp3) is 0.353. The Hall–Kier alpha value is -4.40. The van der Waals surface area contributed by atoms with Crippen molar-refractivity contribution in [1.29, 1.82) is 5.26 Å². The SMILES string of the molecule is CCOC(=O)C1=C(C)N=c2s/c(=C/c3cc(C)n(-c4sc5c(c4C#N)CCCC5)c3C)c(=O)n2[C@H]1c1ccc(OC)c(OC)c1. The number of benzene rings is 1. The average molecular weight is 643 g/mol. The molecule has 45 heavy (non-hydrogen) atoms. The second kappa shape index (κ2) is 12.2. The van der Waals surface area contributed by atoms with Crippen LogP contribution in [-0.2, 0) is 22.4 Å². The van der Waals surface area contributed by atoms with Crippen molar-refractivity contribution >= 4 is 34.7 Å². The minimum absolute atomic E-state index is 0.190. The quantitative estimate of drug-likeness (QED) is 0.262. The number of carbonyl (C=O) groups excluding carboxylic acids is 1. The molecule has 0 spiro atoms. The maximum atomic E-state index is 14.2. The zero-order valence-electron chi connectivity index (χ0n) is 26.1. The number of rotatable bonds is 7. The monoisotopic (exact) mass is 642 g/mol. The lowest BCUT2D eigenvalue weighted by molar-refractivity contribution is -0.139. The first-order valence-electron chi connectivity index (χ1n) is 14.9. The highest BCUT2D eigenvalue weighted by Crippen LogP contribution is 2.39. The van der Waals surface area contributed by atoms with Crippen molar-refractivity contribution in [3.05, 3.63) is 93.7 Å². The molecule has 0 amide bonds. The number of hydrogen-bond donors (Lipinski definition) is 0. The molecule has 0 unspecified atom stereocenters. The second-order valence-corrected chi connectivity index (χ2v) is 13.2. The Balaban J connectivity index is 1.52. The van der Waals surface area contributed by atoms with Gasteiger partial charge in [-0.2, -0.15) is 5.26 Å². The minimum Gasteiger partial charge on any atom is -0.493 e. The number of nitrogens with zero attached hydrogens (tertiary/aromatic N) is 4. The van der Waals surface area contributed by atoms with Gasteiger partial charge in [0.05, 0.1) is 48.2 Å². The fourth-order valence-corrected chi connectivity index (χ4v) is 8.83. The van der Waals surface area contributed by atoms with Gasteiger partial charge in [0, 0.05) is 16.3 Å². The zero-order chi connectivity index (χ0) is 32.0. The van der Waals surface area contributed by atoms with E-state index in [1.807, 2.05) is 26.0 Å². The summed E-state index contributed by atoms with van der Waals surface area (Å²) in [5.74, 6) is 0.492. The van der Waals surface area contributed by atoms with Crippen LogP contribution in [0.4, 0.5) is 0 Å². The first-order valence-corrected chi connectivity index (χ1v) is 16.5. The van der Waals surface area contributed by atoms with Crippen LogP contribution in [0.25, 0.3) is 11.1 Å². The van der Waals surface area contributed by atoms with Gasteiger partial charge in [-0.05, 0) is 94.3 Å². The Bertz CT molecular complexity index is 2100. The first kappa shape index (κ1) is 30.6. The molecule has 0 saturated heterocycles. The number of thiazole rings is 1. The van der Waals surface area contributed by atoms with Gasteiger partial charge in [-0.15, -0.1) is 11.3 Å². The molecule has 1 aliphatic heterocycles. The van der Waals surface area contributed by atoms with Gasteiger partial charge in [0.15, 0.2) is 16.3 Å². The van der Waals surface area contributed by atoms with Crippen LogP contribution in [0.3, 0.4) is 0 Å². The summed E-state index contributed by atoms with van der Waals surface area (Å²) in [6.07, 6.45) is 6.09. The lowest BCUT2D eigenvalue weighted by Gasteiger charge is -2.25. The first-order chi connectivity index (χ1) is 21.7. The molecule has 0 N–H and O–H groups in total. The van der Waals surface area contributed by atoms with Gasteiger partial charge in [0.1, 0.15) is 11.1 Å². The number of aromatic nitrogens is 2. The maximum absolute atomic E-state index is 14.2. The van der Waals surface area contributed by atoms with Crippen LogP contribution in [0.15, 0.2) is 45.3 Å². The molecular formula is C34H34N4O5S2. The van der Waals surface area contributed by atoms with Gasteiger partial charge in [-0.3, -0.25) is 9.36 Å². The summed E-state index contributed by atoms with van der Waals surface area (Å²) < 4.78 is 20.6. The normalized spacial score (nSPS) is 16.1. The number of ether oxygens (including phenoxy) is 3. The molecule has 232 valence electrons. The van der Waals surface area contributed by atoms with E-state index < -0.39 is 12.0 Å². The Labute approximate surface area is 268 Å². The number of methoxy groups -OCH3 is 2. The third kappa shape index (κ3) is 5.12. The lowest BCUT2D eigenvalue weighted by atomic mass is 9.95. The predicted molar refractivity (Wildman–Crippen MR) is 174 cm³/mol. The average Bonchev–Trinajstić information content (AvgIpc) is 3.65. The van der Waals surface area contributed by atoms with Crippen molar-refractivity contribution in [1.82, 2.24) is 9.13 Å². The van der Waals surface area contributed by atoms with E-state index in [-0.39, 0.29) is 12.2 Å². The number of aryl methyl sites for hydroxylation is 2. The molecular weight excluding hydrogens is 609 g/mol. The maximum Gasteiger partial charge on any atom is 0.338 e. The Kier molecular flexibility index (Phi) is 8.29. The number of thiophene rings is 1. The van der Waals surface area contributed by atoms with Gasteiger partial charge in [-0.1, -0.05) is 17.4 Å². The second-order valence-electron chi connectivity index (χ2n) is 11.1. The van der Waals surface area contributed by atoms with E-state index in [0.717, 1.165) is 53.2 Å². The summed E-state index contributed by atoms with van der Waals surface area (Å²) >= 11 is 2.98. The summed E-state index contributed by atoms with van der Waals surface area (Å²) in [5.41, 5.74) is 5.98. The van der Waals surface area contributed by atoms with Gasteiger partial charge < -0.3 is 18.8 Å². The molecule has 3 aromatic heterocycles. The molecule has 0 radical (unpaired) electrons. The lowest BCUT2D eigenvalue weighted by Crippen LogP contribution is -2.40. The van der Waals surface area contributed by atoms with Crippen molar-refractivity contribution in [3.8, 4) is 22.6 Å². The van der Waals surface area contributed by atoms with Crippen LogP contribution in [-0.4, -0.2) is 35.9 Å². The summed E-state index contributed by atoms with van der Waals surface area (Å²) in [6.45, 7) is 7.74. The number of esters is 1. The third-order valence-corrected chi connectivity index (χ3v) is 10.7. The third-order valence-electron chi connectivity index (χ3n) is 8.46. The van der Waals surface area contributed by atoms with E-state index in [9.17, 15) is 14.9 Å². The number of carbonyl (C=O) groups is 1. The number of hydrogen-bond acceptors (Lipinski definition) is 9. The van der Waals surface area contributed by atoms with E-state index in [2.05, 4.69) is 16.7 Å². The molecule has 0 saturated carbocycles. The van der Waals surface area contributed by atoms with Gasteiger partial charge in [0.25, 0.3) is 5.56 Å². The molecule has 11 heteroatoms. The van der Waals surface area contributed by atoms with E-state index >= 15 is 0 Å². The molecule has 2 aliphatic rings. The summed E-state index contributed by atoms with van der Waals surface area (Å²) in [5, 5.41) is 11.1. The highest BCUT2D eigenvalue weighted by atomic mass is 32.1. The Morgan fingerprint density at radius 2 is 1.87 bits per heavy atom. The van der Waals surface area contributed by atoms with Crippen LogP contribution in [0, 0.1) is 25.2 Å². The molecule has 4 heterocycles. The molecule has 4 aromatic rings. The van der Waals surface area contributed by atoms with Gasteiger partial charge in [-0.25, -0.2) is 9.79 Å². The standard InChI is InChI=1S/C34H34N4O5S2/c1-7-43-33(40)29-19(3)36-34-38(30(29)21-12-13-25(41-5)26(15-21)42-6)31(39)28(45-34)16-22-14-18(2)37(20(22)4)32-24(17-35)23-10-8-9-11-27(23)44-32/h12-16,30H,7-11H2,1-6H3/b28-16+/t30-/m0/s1. The van der Waals surface area contributed by atoms with Crippen LogP contribution in [0.2, 0.25) is 0 Å². The van der Waals surface area contributed by atoms with Crippen LogP contribution in [0.5, 0.6) is 11.5 Å². The number of fused-ring (bicyclic) bond motifs is 2. The molecule has 6 rings (SSSR count). The van der Waals surface area contributed by atoms with E-state index in [1.54, 1.807) is 56.1 Å². The highest BCUT2D eigenvalue weighted by molar-refractivity contribution is 7.15. The van der Waals surface area contributed by atoms with Crippen LogP contribution in [0.1, 0.15) is 71.2 Å². The molecule has 9 nitrogen and oxygen atoms in total. The minimum atomic E-state index is -0.773. The molecule has 1 aromatic carbocycles. The molecule has 0 fully saturated rings.